The third kappa shape index (κ3) is 5.33. The molecule has 0 fully saturated rings. The molecule has 0 saturated heterocycles. The van der Waals surface area contributed by atoms with E-state index < -0.39 is 18.5 Å². The van der Waals surface area contributed by atoms with Crippen molar-refractivity contribution >= 4 is 11.9 Å². The molecule has 104 valence electrons. The number of benzene rings is 1. The van der Waals surface area contributed by atoms with Gasteiger partial charge in [-0.1, -0.05) is 12.1 Å². The molecule has 0 unspecified atom stereocenters. The van der Waals surface area contributed by atoms with Crippen LogP contribution < -0.4 is 10.1 Å². The standard InChI is InChI=1S/C12H13F2NO4/c13-12(14)19-9-5-2-1-4-8(9)11(18)15-7-3-6-10(16)17/h1-2,4-5,12H,3,6-7H2,(H,15,18)(H,16,17). The zero-order valence-corrected chi connectivity index (χ0v) is 9.94. The molecule has 2 N–H and O–H groups in total. The first kappa shape index (κ1) is 14.9. The normalized spacial score (nSPS) is 10.3. The Balaban J connectivity index is 2.58. The third-order valence-corrected chi connectivity index (χ3v) is 2.20. The second-order valence-corrected chi connectivity index (χ2v) is 3.63. The molecule has 0 aromatic heterocycles. The highest BCUT2D eigenvalue weighted by atomic mass is 19.3. The molecule has 5 nitrogen and oxygen atoms in total. The van der Waals surface area contributed by atoms with Gasteiger partial charge in [-0.15, -0.1) is 0 Å². The van der Waals surface area contributed by atoms with Crippen LogP contribution in [0, 0.1) is 0 Å². The van der Waals surface area contributed by atoms with E-state index in [1.54, 1.807) is 0 Å². The maximum absolute atomic E-state index is 12.1. The molecule has 0 atom stereocenters. The van der Waals surface area contributed by atoms with Crippen LogP contribution in [0.1, 0.15) is 23.2 Å². The number of aliphatic carboxylic acids is 1. The van der Waals surface area contributed by atoms with Crippen LogP contribution >= 0.6 is 0 Å². The monoisotopic (exact) mass is 273 g/mol. The fourth-order valence-corrected chi connectivity index (χ4v) is 1.39. The van der Waals surface area contributed by atoms with E-state index in [0.29, 0.717) is 0 Å². The maximum atomic E-state index is 12.1. The molecule has 0 aliphatic rings. The Hall–Kier alpha value is -2.18. The van der Waals surface area contributed by atoms with Crippen molar-refractivity contribution in [3.8, 4) is 5.75 Å². The van der Waals surface area contributed by atoms with Crippen LogP contribution in [-0.2, 0) is 4.79 Å². The molecule has 1 rings (SSSR count). The molecule has 0 aliphatic carbocycles. The molecular formula is C12H13F2NO4. The summed E-state index contributed by atoms with van der Waals surface area (Å²) in [5, 5.41) is 10.9. The second kappa shape index (κ2) is 7.30. The Morgan fingerprint density at radius 3 is 2.63 bits per heavy atom. The Labute approximate surface area is 108 Å². The highest BCUT2D eigenvalue weighted by molar-refractivity contribution is 5.96. The summed E-state index contributed by atoms with van der Waals surface area (Å²) >= 11 is 0. The van der Waals surface area contributed by atoms with Gasteiger partial charge >= 0.3 is 12.6 Å². The summed E-state index contributed by atoms with van der Waals surface area (Å²) in [6.07, 6.45) is 0.189. The van der Waals surface area contributed by atoms with Crippen molar-refractivity contribution in [1.82, 2.24) is 5.32 Å². The van der Waals surface area contributed by atoms with Crippen LogP contribution in [0.15, 0.2) is 24.3 Å². The number of halogens is 2. The first-order valence-electron chi connectivity index (χ1n) is 5.54. The lowest BCUT2D eigenvalue weighted by Gasteiger charge is -2.10. The summed E-state index contributed by atoms with van der Waals surface area (Å²) < 4.78 is 28.5. The van der Waals surface area contributed by atoms with Gasteiger partial charge in [0, 0.05) is 13.0 Å². The molecule has 0 bridgehead atoms. The number of hydrogen-bond acceptors (Lipinski definition) is 3. The van der Waals surface area contributed by atoms with Crippen molar-refractivity contribution in [2.75, 3.05) is 6.54 Å². The number of ether oxygens (including phenoxy) is 1. The SMILES string of the molecule is O=C(O)CCCNC(=O)c1ccccc1OC(F)F. The van der Waals surface area contributed by atoms with Gasteiger partial charge in [0.1, 0.15) is 5.75 Å². The molecule has 1 aromatic rings. The minimum Gasteiger partial charge on any atom is -0.481 e. The van der Waals surface area contributed by atoms with Crippen molar-refractivity contribution in [2.45, 2.75) is 19.5 Å². The largest absolute Gasteiger partial charge is 0.481 e. The van der Waals surface area contributed by atoms with Gasteiger partial charge in [0.25, 0.3) is 5.91 Å². The number of amides is 1. The minimum absolute atomic E-state index is 0.0156. The summed E-state index contributed by atoms with van der Waals surface area (Å²) in [6, 6.07) is 5.60. The quantitative estimate of drug-likeness (QED) is 0.744. The molecule has 0 heterocycles. The lowest BCUT2D eigenvalue weighted by molar-refractivity contribution is -0.137. The molecule has 0 spiro atoms. The number of nitrogens with one attached hydrogen (secondary N) is 1. The third-order valence-electron chi connectivity index (χ3n) is 2.20. The van der Waals surface area contributed by atoms with Gasteiger partial charge in [0.05, 0.1) is 5.56 Å². The van der Waals surface area contributed by atoms with E-state index in [0.717, 1.165) is 0 Å². The number of rotatable bonds is 7. The summed E-state index contributed by atoms with van der Waals surface area (Å²) in [7, 11) is 0. The predicted octanol–water partition coefficient (Wildman–Crippen LogP) is 1.88. The van der Waals surface area contributed by atoms with Crippen LogP contribution in [0.5, 0.6) is 5.75 Å². The first-order chi connectivity index (χ1) is 9.00. The lowest BCUT2D eigenvalue weighted by Crippen LogP contribution is -2.25. The van der Waals surface area contributed by atoms with Gasteiger partial charge < -0.3 is 15.2 Å². The van der Waals surface area contributed by atoms with Crippen molar-refractivity contribution < 1.29 is 28.2 Å². The van der Waals surface area contributed by atoms with E-state index in [1.165, 1.54) is 24.3 Å². The molecule has 0 radical (unpaired) electrons. The van der Waals surface area contributed by atoms with Crippen molar-refractivity contribution in [2.24, 2.45) is 0 Å². The summed E-state index contributed by atoms with van der Waals surface area (Å²) in [6.45, 7) is -2.87. The van der Waals surface area contributed by atoms with Crippen molar-refractivity contribution in [3.05, 3.63) is 29.8 Å². The van der Waals surface area contributed by atoms with E-state index in [1.807, 2.05) is 0 Å². The van der Waals surface area contributed by atoms with Gasteiger partial charge in [0.2, 0.25) is 0 Å². The van der Waals surface area contributed by atoms with Gasteiger partial charge in [-0.3, -0.25) is 9.59 Å². The number of carboxylic acid groups (broad SMARTS) is 1. The zero-order valence-electron chi connectivity index (χ0n) is 9.94. The zero-order chi connectivity index (χ0) is 14.3. The summed E-state index contributed by atoms with van der Waals surface area (Å²) in [5.41, 5.74) is -0.0156. The Morgan fingerprint density at radius 1 is 1.32 bits per heavy atom. The number of para-hydroxylation sites is 1. The first-order valence-corrected chi connectivity index (χ1v) is 5.54. The Bertz CT molecular complexity index is 451. The van der Waals surface area contributed by atoms with Gasteiger partial charge in [-0.05, 0) is 18.6 Å². The summed E-state index contributed by atoms with van der Waals surface area (Å²) in [5.74, 6) is -1.76. The molecule has 19 heavy (non-hydrogen) atoms. The molecular weight excluding hydrogens is 260 g/mol. The number of carboxylic acids is 1. The molecule has 7 heteroatoms. The predicted molar refractivity (Wildman–Crippen MR) is 62.3 cm³/mol. The van der Waals surface area contributed by atoms with Crippen molar-refractivity contribution in [1.29, 1.82) is 0 Å². The van der Waals surface area contributed by atoms with Gasteiger partial charge in [-0.2, -0.15) is 8.78 Å². The van der Waals surface area contributed by atoms with Gasteiger partial charge in [-0.25, -0.2) is 0 Å². The van der Waals surface area contributed by atoms with Crippen LogP contribution in [0.4, 0.5) is 8.78 Å². The average Bonchev–Trinajstić information content (AvgIpc) is 2.34. The van der Waals surface area contributed by atoms with E-state index in [-0.39, 0.29) is 30.7 Å². The fourth-order valence-electron chi connectivity index (χ4n) is 1.39. The summed E-state index contributed by atoms with van der Waals surface area (Å²) in [4.78, 5) is 22.0. The number of carbonyl (C=O) groups is 2. The van der Waals surface area contributed by atoms with Gasteiger partial charge in [0.15, 0.2) is 0 Å². The smallest absolute Gasteiger partial charge is 0.387 e. The average molecular weight is 273 g/mol. The van der Waals surface area contributed by atoms with Crippen molar-refractivity contribution in [3.63, 3.8) is 0 Å². The molecule has 0 saturated carbocycles. The topological polar surface area (TPSA) is 75.6 Å². The second-order valence-electron chi connectivity index (χ2n) is 3.63. The minimum atomic E-state index is -3.01. The maximum Gasteiger partial charge on any atom is 0.387 e. The molecule has 1 amide bonds. The van der Waals surface area contributed by atoms with Crippen LogP contribution in [-0.4, -0.2) is 30.1 Å². The van der Waals surface area contributed by atoms with E-state index >= 15 is 0 Å². The number of carbonyl (C=O) groups excluding carboxylic acids is 1. The molecule has 0 aliphatic heterocycles. The lowest BCUT2D eigenvalue weighted by atomic mass is 10.2. The Morgan fingerprint density at radius 2 is 2.00 bits per heavy atom. The van der Waals surface area contributed by atoms with E-state index in [4.69, 9.17) is 5.11 Å². The van der Waals surface area contributed by atoms with Crippen LogP contribution in [0.25, 0.3) is 0 Å². The van der Waals surface area contributed by atoms with Crippen LogP contribution in [0.2, 0.25) is 0 Å². The number of hydrogen-bond donors (Lipinski definition) is 2. The Kier molecular flexibility index (Phi) is 5.72. The molecule has 1 aromatic carbocycles. The highest BCUT2D eigenvalue weighted by Gasteiger charge is 2.14. The van der Waals surface area contributed by atoms with E-state index in [2.05, 4.69) is 10.1 Å². The van der Waals surface area contributed by atoms with Crippen LogP contribution in [0.3, 0.4) is 0 Å². The number of alkyl halides is 2. The van der Waals surface area contributed by atoms with E-state index in [9.17, 15) is 18.4 Å². The highest BCUT2D eigenvalue weighted by Crippen LogP contribution is 2.19. The fraction of sp³-hybridized carbons (Fsp3) is 0.333.